The number of nitrogens with zero attached hydrogens (tertiary/aromatic N) is 3. The van der Waals surface area contributed by atoms with Crippen molar-refractivity contribution in [1.29, 1.82) is 0 Å². The van der Waals surface area contributed by atoms with Crippen LogP contribution in [0.3, 0.4) is 0 Å². The Labute approximate surface area is 154 Å². The minimum atomic E-state index is -0.114. The van der Waals surface area contributed by atoms with Gasteiger partial charge < -0.3 is 19.5 Å². The van der Waals surface area contributed by atoms with Crippen molar-refractivity contribution in [1.82, 2.24) is 14.9 Å². The predicted octanol–water partition coefficient (Wildman–Crippen LogP) is 3.17. The molecule has 0 amide bonds. The summed E-state index contributed by atoms with van der Waals surface area (Å²) >= 11 is 0. The first-order valence-electron chi connectivity index (χ1n) is 9.56. The zero-order valence-corrected chi connectivity index (χ0v) is 15.3. The first-order chi connectivity index (χ1) is 12.7. The van der Waals surface area contributed by atoms with Gasteiger partial charge in [-0.1, -0.05) is 6.07 Å². The first kappa shape index (κ1) is 17.5. The molecule has 3 heterocycles. The molecule has 2 aliphatic heterocycles. The topological polar surface area (TPSA) is 42.3 Å². The smallest absolute Gasteiger partial charge is 0.129 e. The summed E-state index contributed by atoms with van der Waals surface area (Å²) in [6, 6.07) is 5.75. The van der Waals surface area contributed by atoms with E-state index in [0.717, 1.165) is 42.9 Å². The van der Waals surface area contributed by atoms with Crippen molar-refractivity contribution in [2.24, 2.45) is 7.05 Å². The van der Waals surface area contributed by atoms with Crippen LogP contribution in [-0.4, -0.2) is 35.3 Å². The second-order valence-electron chi connectivity index (χ2n) is 7.32. The molecular formula is C20H27FN4O. The van der Waals surface area contributed by atoms with Gasteiger partial charge >= 0.3 is 0 Å². The van der Waals surface area contributed by atoms with Gasteiger partial charge in [0.25, 0.3) is 0 Å². The standard InChI is InChI=1S/C20H27FN4O/c1-24-14-22-13-19(24)20-11-15(7-10-26-20)23-12-16-17(21)5-4-6-18(16)25-8-2-3-9-25/h4-6,13-15,20,23H,2-3,7-12H2,1H3/t15-,20+/m1/s1. The Morgan fingerprint density at radius 2 is 2.15 bits per heavy atom. The van der Waals surface area contributed by atoms with E-state index in [1.54, 1.807) is 12.4 Å². The molecule has 0 unspecified atom stereocenters. The molecular weight excluding hydrogens is 331 g/mol. The molecule has 0 bridgehead atoms. The Kier molecular flexibility index (Phi) is 5.22. The fraction of sp³-hybridized carbons (Fsp3) is 0.550. The lowest BCUT2D eigenvalue weighted by atomic mass is 10.0. The molecule has 4 rings (SSSR count). The maximum Gasteiger partial charge on any atom is 0.129 e. The van der Waals surface area contributed by atoms with Crippen LogP contribution in [-0.2, 0) is 18.3 Å². The lowest BCUT2D eigenvalue weighted by molar-refractivity contribution is -0.00407. The van der Waals surface area contributed by atoms with Gasteiger partial charge in [0.15, 0.2) is 0 Å². The van der Waals surface area contributed by atoms with Gasteiger partial charge in [0.1, 0.15) is 11.9 Å². The van der Waals surface area contributed by atoms with Gasteiger partial charge in [-0.15, -0.1) is 0 Å². The van der Waals surface area contributed by atoms with E-state index >= 15 is 0 Å². The highest BCUT2D eigenvalue weighted by Crippen LogP contribution is 2.30. The van der Waals surface area contributed by atoms with Gasteiger partial charge in [0.2, 0.25) is 0 Å². The molecule has 2 fully saturated rings. The highest BCUT2D eigenvalue weighted by molar-refractivity contribution is 5.54. The van der Waals surface area contributed by atoms with Crippen molar-refractivity contribution < 1.29 is 9.13 Å². The second kappa shape index (κ2) is 7.76. The van der Waals surface area contributed by atoms with Crippen LogP contribution >= 0.6 is 0 Å². The number of aryl methyl sites for hydroxylation is 1. The summed E-state index contributed by atoms with van der Waals surface area (Å²) in [6.45, 7) is 3.32. The van der Waals surface area contributed by atoms with E-state index in [9.17, 15) is 4.39 Å². The van der Waals surface area contributed by atoms with Crippen LogP contribution in [0.4, 0.5) is 10.1 Å². The number of hydrogen-bond acceptors (Lipinski definition) is 4. The van der Waals surface area contributed by atoms with Crippen LogP contribution in [0, 0.1) is 5.82 Å². The third-order valence-corrected chi connectivity index (χ3v) is 5.58. The number of ether oxygens (including phenoxy) is 1. The average Bonchev–Trinajstić information content (AvgIpc) is 3.32. The molecule has 2 aromatic rings. The van der Waals surface area contributed by atoms with Gasteiger partial charge in [-0.3, -0.25) is 0 Å². The summed E-state index contributed by atoms with van der Waals surface area (Å²) in [5.74, 6) is -0.114. The normalized spacial score (nSPS) is 23.5. The average molecular weight is 358 g/mol. The lowest BCUT2D eigenvalue weighted by Gasteiger charge is -2.31. The minimum absolute atomic E-state index is 0.0485. The maximum atomic E-state index is 14.5. The Morgan fingerprint density at radius 3 is 2.92 bits per heavy atom. The zero-order valence-electron chi connectivity index (χ0n) is 15.3. The van der Waals surface area contributed by atoms with Crippen molar-refractivity contribution in [2.75, 3.05) is 24.6 Å². The third kappa shape index (κ3) is 3.62. The number of rotatable bonds is 5. The monoisotopic (exact) mass is 358 g/mol. The van der Waals surface area contributed by atoms with E-state index < -0.39 is 0 Å². The van der Waals surface area contributed by atoms with Crippen molar-refractivity contribution in [3.63, 3.8) is 0 Å². The summed E-state index contributed by atoms with van der Waals surface area (Å²) in [5, 5.41) is 3.58. The van der Waals surface area contributed by atoms with Gasteiger partial charge in [-0.05, 0) is 37.8 Å². The van der Waals surface area contributed by atoms with Crippen LogP contribution in [0.1, 0.15) is 43.0 Å². The molecule has 1 aromatic heterocycles. The fourth-order valence-electron chi connectivity index (χ4n) is 4.09. The van der Waals surface area contributed by atoms with E-state index in [-0.39, 0.29) is 11.9 Å². The molecule has 6 heteroatoms. The van der Waals surface area contributed by atoms with E-state index in [4.69, 9.17) is 4.74 Å². The van der Waals surface area contributed by atoms with E-state index in [1.165, 1.54) is 12.8 Å². The van der Waals surface area contributed by atoms with Crippen molar-refractivity contribution in [3.8, 4) is 0 Å². The minimum Gasteiger partial charge on any atom is -0.372 e. The van der Waals surface area contributed by atoms with Gasteiger partial charge in [-0.25, -0.2) is 9.37 Å². The summed E-state index contributed by atoms with van der Waals surface area (Å²) in [7, 11) is 1.99. The van der Waals surface area contributed by atoms with Crippen molar-refractivity contribution in [3.05, 3.63) is 47.8 Å². The van der Waals surface area contributed by atoms with E-state index in [1.807, 2.05) is 29.9 Å². The Bertz CT molecular complexity index is 741. The Hall–Kier alpha value is -1.92. The second-order valence-corrected chi connectivity index (χ2v) is 7.32. The van der Waals surface area contributed by atoms with Gasteiger partial charge in [0.05, 0.1) is 18.2 Å². The molecule has 5 nitrogen and oxygen atoms in total. The quantitative estimate of drug-likeness (QED) is 0.892. The largest absolute Gasteiger partial charge is 0.372 e. The molecule has 1 aromatic carbocycles. The Balaban J connectivity index is 1.43. The lowest BCUT2D eigenvalue weighted by Crippen LogP contribution is -2.36. The molecule has 2 aliphatic rings. The highest BCUT2D eigenvalue weighted by Gasteiger charge is 2.26. The summed E-state index contributed by atoms with van der Waals surface area (Å²) in [4.78, 5) is 6.50. The molecule has 1 N–H and O–H groups in total. The molecule has 140 valence electrons. The summed E-state index contributed by atoms with van der Waals surface area (Å²) in [5.41, 5.74) is 2.93. The zero-order chi connectivity index (χ0) is 17.9. The summed E-state index contributed by atoms with van der Waals surface area (Å²) in [6.07, 6.45) is 7.93. The molecule has 0 saturated carbocycles. The fourth-order valence-corrected chi connectivity index (χ4v) is 4.09. The maximum absolute atomic E-state index is 14.5. The van der Waals surface area contributed by atoms with Crippen LogP contribution in [0.5, 0.6) is 0 Å². The van der Waals surface area contributed by atoms with Crippen LogP contribution < -0.4 is 10.2 Å². The van der Waals surface area contributed by atoms with Gasteiger partial charge in [-0.2, -0.15) is 0 Å². The third-order valence-electron chi connectivity index (χ3n) is 5.58. The van der Waals surface area contributed by atoms with Gasteiger partial charge in [0, 0.05) is 50.6 Å². The number of imidazole rings is 1. The molecule has 26 heavy (non-hydrogen) atoms. The first-order valence-corrected chi connectivity index (χ1v) is 9.56. The SMILES string of the molecule is Cn1cncc1[C@@H]1C[C@H](NCc2c(F)cccc2N2CCCC2)CCO1. The van der Waals surface area contributed by atoms with Crippen molar-refractivity contribution in [2.45, 2.75) is 44.4 Å². The highest BCUT2D eigenvalue weighted by atomic mass is 19.1. The number of aromatic nitrogens is 2. The molecule has 0 spiro atoms. The Morgan fingerprint density at radius 1 is 1.31 bits per heavy atom. The van der Waals surface area contributed by atoms with E-state index in [2.05, 4.69) is 15.2 Å². The molecule has 2 atom stereocenters. The van der Waals surface area contributed by atoms with Crippen LogP contribution in [0.15, 0.2) is 30.7 Å². The molecule has 0 radical (unpaired) electrons. The number of halogens is 1. The van der Waals surface area contributed by atoms with Crippen LogP contribution in [0.25, 0.3) is 0 Å². The van der Waals surface area contributed by atoms with E-state index in [0.29, 0.717) is 19.2 Å². The number of hydrogen-bond donors (Lipinski definition) is 1. The molecule has 2 saturated heterocycles. The molecule has 0 aliphatic carbocycles. The van der Waals surface area contributed by atoms with Crippen molar-refractivity contribution >= 4 is 5.69 Å². The number of benzene rings is 1. The van der Waals surface area contributed by atoms with Crippen LogP contribution in [0.2, 0.25) is 0 Å². The number of nitrogens with one attached hydrogen (secondary N) is 1. The number of anilines is 1. The summed E-state index contributed by atoms with van der Waals surface area (Å²) < 4.78 is 22.4. The predicted molar refractivity (Wildman–Crippen MR) is 99.6 cm³/mol.